The van der Waals surface area contributed by atoms with Gasteiger partial charge in [0.25, 0.3) is 0 Å². The molecule has 0 amide bonds. The summed E-state index contributed by atoms with van der Waals surface area (Å²) in [6.45, 7) is 16.3. The van der Waals surface area contributed by atoms with Crippen molar-refractivity contribution in [2.45, 2.75) is 67.2 Å². The van der Waals surface area contributed by atoms with Crippen molar-refractivity contribution in [1.29, 1.82) is 0 Å². The molecule has 0 heterocycles. The lowest BCUT2D eigenvalue weighted by molar-refractivity contribution is 0.212. The summed E-state index contributed by atoms with van der Waals surface area (Å²) < 4.78 is 0. The van der Waals surface area contributed by atoms with Crippen LogP contribution in [0.3, 0.4) is 0 Å². The Kier molecular flexibility index (Phi) is 8.09. The minimum Gasteiger partial charge on any atom is -0.316 e. The smallest absolute Gasteiger partial charge is 0.000537 e. The molecular weight excluding hydrogens is 194 g/mol. The van der Waals surface area contributed by atoms with Crippen LogP contribution in [0.4, 0.5) is 0 Å². The lowest BCUT2D eigenvalue weighted by Crippen LogP contribution is -2.35. The highest BCUT2D eigenvalue weighted by Gasteiger charge is 2.24. The van der Waals surface area contributed by atoms with Crippen LogP contribution in [0.2, 0.25) is 0 Å². The van der Waals surface area contributed by atoms with Crippen LogP contribution in [-0.2, 0) is 0 Å². The number of hydrogen-bond donors (Lipinski definition) is 1. The van der Waals surface area contributed by atoms with Crippen molar-refractivity contribution in [3.05, 3.63) is 0 Å². The summed E-state index contributed by atoms with van der Waals surface area (Å²) in [6, 6.07) is 0. The molecule has 2 unspecified atom stereocenters. The van der Waals surface area contributed by atoms with Crippen molar-refractivity contribution in [2.75, 3.05) is 13.1 Å². The standard InChI is InChI=1S/C15H33N/c1-7-9-15(6,10-14(5)8-2)12-16-11-13(3)4/h13-14,16H,7-12H2,1-6H3. The Balaban J connectivity index is 4.10. The molecule has 98 valence electrons. The fraction of sp³-hybridized carbons (Fsp3) is 1.00. The summed E-state index contributed by atoms with van der Waals surface area (Å²) in [6.07, 6.45) is 5.32. The Hall–Kier alpha value is -0.0400. The maximum absolute atomic E-state index is 3.64. The molecular formula is C15H33N. The largest absolute Gasteiger partial charge is 0.316 e. The number of hydrogen-bond acceptors (Lipinski definition) is 1. The molecule has 1 N–H and O–H groups in total. The summed E-state index contributed by atoms with van der Waals surface area (Å²) in [5, 5.41) is 3.64. The van der Waals surface area contributed by atoms with Crippen LogP contribution < -0.4 is 5.32 Å². The highest BCUT2D eigenvalue weighted by molar-refractivity contribution is 4.78. The van der Waals surface area contributed by atoms with Gasteiger partial charge in [-0.2, -0.15) is 0 Å². The summed E-state index contributed by atoms with van der Waals surface area (Å²) >= 11 is 0. The molecule has 0 aromatic rings. The van der Waals surface area contributed by atoms with Crippen LogP contribution in [0, 0.1) is 17.3 Å². The van der Waals surface area contributed by atoms with Gasteiger partial charge in [-0.3, -0.25) is 0 Å². The van der Waals surface area contributed by atoms with Crippen molar-refractivity contribution >= 4 is 0 Å². The lowest BCUT2D eigenvalue weighted by atomic mass is 9.77. The molecule has 0 rings (SSSR count). The maximum Gasteiger partial charge on any atom is 0.000537 e. The zero-order chi connectivity index (χ0) is 12.6. The maximum atomic E-state index is 3.64. The SMILES string of the molecule is CCCC(C)(CNCC(C)C)CC(C)CC. The summed E-state index contributed by atoms with van der Waals surface area (Å²) in [5.41, 5.74) is 0.499. The molecule has 0 fully saturated rings. The molecule has 2 atom stereocenters. The molecule has 1 heteroatoms. The summed E-state index contributed by atoms with van der Waals surface area (Å²) in [5.74, 6) is 1.62. The zero-order valence-corrected chi connectivity index (χ0v) is 12.4. The topological polar surface area (TPSA) is 12.0 Å². The van der Waals surface area contributed by atoms with E-state index in [4.69, 9.17) is 0 Å². The van der Waals surface area contributed by atoms with Crippen LogP contribution in [0.15, 0.2) is 0 Å². The fourth-order valence-corrected chi connectivity index (χ4v) is 2.51. The molecule has 0 aromatic carbocycles. The van der Waals surface area contributed by atoms with Gasteiger partial charge in [-0.15, -0.1) is 0 Å². The predicted octanol–water partition coefficient (Wildman–Crippen LogP) is 4.47. The average Bonchev–Trinajstić information content (AvgIpc) is 2.17. The van der Waals surface area contributed by atoms with Gasteiger partial charge in [-0.25, -0.2) is 0 Å². The zero-order valence-electron chi connectivity index (χ0n) is 12.4. The molecule has 0 aliphatic rings. The van der Waals surface area contributed by atoms with E-state index in [2.05, 4.69) is 46.9 Å². The number of nitrogens with one attached hydrogen (secondary N) is 1. The van der Waals surface area contributed by atoms with Crippen LogP contribution in [-0.4, -0.2) is 13.1 Å². The normalized spacial score (nSPS) is 17.4. The minimum atomic E-state index is 0.499. The van der Waals surface area contributed by atoms with Gasteiger partial charge in [-0.1, -0.05) is 54.4 Å². The first-order valence-corrected chi connectivity index (χ1v) is 7.14. The monoisotopic (exact) mass is 227 g/mol. The van der Waals surface area contributed by atoms with E-state index < -0.39 is 0 Å². The second-order valence-electron chi connectivity index (χ2n) is 6.30. The van der Waals surface area contributed by atoms with E-state index in [1.54, 1.807) is 0 Å². The highest BCUT2D eigenvalue weighted by atomic mass is 14.9. The van der Waals surface area contributed by atoms with E-state index in [1.165, 1.54) is 32.2 Å². The van der Waals surface area contributed by atoms with Gasteiger partial charge in [0.05, 0.1) is 0 Å². The highest BCUT2D eigenvalue weighted by Crippen LogP contribution is 2.31. The quantitative estimate of drug-likeness (QED) is 0.612. The Bertz CT molecular complexity index is 165. The van der Waals surface area contributed by atoms with E-state index in [9.17, 15) is 0 Å². The van der Waals surface area contributed by atoms with Crippen LogP contribution in [0.25, 0.3) is 0 Å². The van der Waals surface area contributed by atoms with E-state index in [-0.39, 0.29) is 0 Å². The van der Waals surface area contributed by atoms with Crippen molar-refractivity contribution in [3.63, 3.8) is 0 Å². The molecule has 0 spiro atoms. The molecule has 0 saturated heterocycles. The van der Waals surface area contributed by atoms with Crippen molar-refractivity contribution in [2.24, 2.45) is 17.3 Å². The Morgan fingerprint density at radius 3 is 2.19 bits per heavy atom. The predicted molar refractivity (Wildman–Crippen MR) is 74.8 cm³/mol. The molecule has 1 nitrogen and oxygen atoms in total. The average molecular weight is 227 g/mol. The van der Waals surface area contributed by atoms with E-state index in [0.29, 0.717) is 5.41 Å². The number of rotatable bonds is 9. The van der Waals surface area contributed by atoms with Crippen LogP contribution >= 0.6 is 0 Å². The van der Waals surface area contributed by atoms with Gasteiger partial charge in [0.2, 0.25) is 0 Å². The third-order valence-electron chi connectivity index (χ3n) is 3.50. The van der Waals surface area contributed by atoms with Gasteiger partial charge in [0, 0.05) is 6.54 Å². The molecule has 0 bridgehead atoms. The van der Waals surface area contributed by atoms with Gasteiger partial charge < -0.3 is 5.32 Å². The Morgan fingerprint density at radius 2 is 1.75 bits per heavy atom. The van der Waals surface area contributed by atoms with Crippen LogP contribution in [0.1, 0.15) is 67.2 Å². The minimum absolute atomic E-state index is 0.499. The van der Waals surface area contributed by atoms with Crippen molar-refractivity contribution in [3.8, 4) is 0 Å². The fourth-order valence-electron chi connectivity index (χ4n) is 2.51. The molecule has 0 aromatic heterocycles. The second kappa shape index (κ2) is 8.11. The van der Waals surface area contributed by atoms with E-state index in [0.717, 1.165) is 18.4 Å². The van der Waals surface area contributed by atoms with E-state index >= 15 is 0 Å². The Labute approximate surface area is 103 Å². The molecule has 0 saturated carbocycles. The van der Waals surface area contributed by atoms with E-state index in [1.807, 2.05) is 0 Å². The van der Waals surface area contributed by atoms with Crippen molar-refractivity contribution < 1.29 is 0 Å². The molecule has 16 heavy (non-hydrogen) atoms. The third kappa shape index (κ3) is 7.27. The summed E-state index contributed by atoms with van der Waals surface area (Å²) in [4.78, 5) is 0. The first kappa shape index (κ1) is 16.0. The van der Waals surface area contributed by atoms with Gasteiger partial charge >= 0.3 is 0 Å². The molecule has 0 aliphatic carbocycles. The second-order valence-corrected chi connectivity index (χ2v) is 6.30. The van der Waals surface area contributed by atoms with Gasteiger partial charge in [0.1, 0.15) is 0 Å². The lowest BCUT2D eigenvalue weighted by Gasteiger charge is -2.32. The summed E-state index contributed by atoms with van der Waals surface area (Å²) in [7, 11) is 0. The van der Waals surface area contributed by atoms with Gasteiger partial charge in [-0.05, 0) is 36.6 Å². The first-order chi connectivity index (χ1) is 7.43. The Morgan fingerprint density at radius 1 is 1.12 bits per heavy atom. The third-order valence-corrected chi connectivity index (χ3v) is 3.50. The molecule has 0 aliphatic heterocycles. The van der Waals surface area contributed by atoms with Crippen LogP contribution in [0.5, 0.6) is 0 Å². The molecule has 0 radical (unpaired) electrons. The van der Waals surface area contributed by atoms with Crippen molar-refractivity contribution in [1.82, 2.24) is 5.32 Å². The van der Waals surface area contributed by atoms with Gasteiger partial charge in [0.15, 0.2) is 0 Å². The first-order valence-electron chi connectivity index (χ1n) is 7.14.